The molecule has 0 aliphatic heterocycles. The van der Waals surface area contributed by atoms with Gasteiger partial charge in [0.05, 0.1) is 4.47 Å². The molecule has 0 aromatic heterocycles. The topological polar surface area (TPSA) is 58.3 Å². The minimum atomic E-state index is -0.283. The number of nitrogens with one attached hydrogen (secondary N) is 1. The quantitative estimate of drug-likeness (QED) is 0.697. The predicted octanol–water partition coefficient (Wildman–Crippen LogP) is 1.56. The van der Waals surface area contributed by atoms with Crippen molar-refractivity contribution in [3.8, 4) is 0 Å². The first-order valence-corrected chi connectivity index (χ1v) is 5.97. The van der Waals surface area contributed by atoms with Crippen LogP contribution >= 0.6 is 15.9 Å². The zero-order valence-corrected chi connectivity index (χ0v) is 10.5. The molecule has 0 saturated carbocycles. The lowest BCUT2D eigenvalue weighted by molar-refractivity contribution is 0.283. The summed E-state index contributed by atoms with van der Waals surface area (Å²) in [5.74, 6) is -0.283. The molecule has 5 heteroatoms. The fraction of sp³-hybridized carbons (Fsp3) is 0.455. The Hall–Kier alpha value is -0.490. The molecular weight excluding hydrogens is 275 g/mol. The molecule has 4 N–H and O–H groups in total. The average Bonchev–Trinajstić information content (AvgIpc) is 2.29. The Kier molecular flexibility index (Phi) is 5.90. The van der Waals surface area contributed by atoms with E-state index >= 15 is 0 Å². The number of aliphatic hydroxyl groups is 1. The molecule has 1 aromatic rings. The Morgan fingerprint density at radius 1 is 1.50 bits per heavy atom. The molecule has 16 heavy (non-hydrogen) atoms. The van der Waals surface area contributed by atoms with E-state index in [2.05, 4.69) is 21.2 Å². The van der Waals surface area contributed by atoms with Gasteiger partial charge in [0, 0.05) is 19.2 Å². The van der Waals surface area contributed by atoms with Gasteiger partial charge in [-0.25, -0.2) is 4.39 Å². The summed E-state index contributed by atoms with van der Waals surface area (Å²) in [6, 6.07) is 4.83. The highest BCUT2D eigenvalue weighted by atomic mass is 79.9. The molecule has 0 spiro atoms. The predicted molar refractivity (Wildman–Crippen MR) is 65.6 cm³/mol. The summed E-state index contributed by atoms with van der Waals surface area (Å²) < 4.78 is 13.5. The third-order valence-corrected chi connectivity index (χ3v) is 2.92. The van der Waals surface area contributed by atoms with E-state index in [1.165, 1.54) is 6.07 Å². The van der Waals surface area contributed by atoms with Crippen LogP contribution in [0.15, 0.2) is 22.7 Å². The van der Waals surface area contributed by atoms with E-state index in [0.717, 1.165) is 5.56 Å². The van der Waals surface area contributed by atoms with Gasteiger partial charge >= 0.3 is 0 Å². The number of benzene rings is 1. The van der Waals surface area contributed by atoms with Gasteiger partial charge in [-0.05, 0) is 46.6 Å². The van der Waals surface area contributed by atoms with Crippen molar-refractivity contribution in [1.82, 2.24) is 5.32 Å². The van der Waals surface area contributed by atoms with Gasteiger partial charge in [-0.3, -0.25) is 0 Å². The van der Waals surface area contributed by atoms with Crippen molar-refractivity contribution in [3.05, 3.63) is 34.1 Å². The van der Waals surface area contributed by atoms with Gasteiger partial charge in [-0.2, -0.15) is 0 Å². The zero-order chi connectivity index (χ0) is 12.0. The molecule has 0 amide bonds. The maximum absolute atomic E-state index is 13.0. The first-order chi connectivity index (χ1) is 7.69. The molecule has 90 valence electrons. The lowest BCUT2D eigenvalue weighted by Gasteiger charge is -2.17. The lowest BCUT2D eigenvalue weighted by atomic mass is 10.1. The van der Waals surface area contributed by atoms with Crippen molar-refractivity contribution in [2.75, 3.05) is 19.7 Å². The van der Waals surface area contributed by atoms with Crippen LogP contribution in [0.3, 0.4) is 0 Å². The highest BCUT2D eigenvalue weighted by molar-refractivity contribution is 9.10. The van der Waals surface area contributed by atoms with E-state index in [1.807, 2.05) is 0 Å². The minimum absolute atomic E-state index is 0.0107. The Bertz CT molecular complexity index is 336. The van der Waals surface area contributed by atoms with Gasteiger partial charge in [0.2, 0.25) is 0 Å². The molecule has 1 atom stereocenters. The number of nitrogens with two attached hydrogens (primary N) is 1. The monoisotopic (exact) mass is 290 g/mol. The van der Waals surface area contributed by atoms with Crippen molar-refractivity contribution in [2.45, 2.75) is 12.5 Å². The van der Waals surface area contributed by atoms with E-state index < -0.39 is 0 Å². The number of hydrogen-bond acceptors (Lipinski definition) is 3. The number of rotatable bonds is 6. The standard InChI is InChI=1S/C11H16BrFN2O/c12-9-6-8(2-3-10(9)13)11(7-14)15-4-1-5-16/h2-3,6,11,15-16H,1,4-5,7,14H2. The van der Waals surface area contributed by atoms with Crippen molar-refractivity contribution < 1.29 is 9.50 Å². The molecule has 1 rings (SSSR count). The van der Waals surface area contributed by atoms with Crippen molar-refractivity contribution >= 4 is 15.9 Å². The smallest absolute Gasteiger partial charge is 0.137 e. The molecule has 0 saturated heterocycles. The Morgan fingerprint density at radius 3 is 2.81 bits per heavy atom. The first-order valence-electron chi connectivity index (χ1n) is 5.18. The number of aliphatic hydroxyl groups excluding tert-OH is 1. The van der Waals surface area contributed by atoms with Crippen molar-refractivity contribution in [1.29, 1.82) is 0 Å². The second kappa shape index (κ2) is 6.96. The van der Waals surface area contributed by atoms with Crippen LogP contribution in [0.4, 0.5) is 4.39 Å². The summed E-state index contributed by atoms with van der Waals surface area (Å²) in [7, 11) is 0. The van der Waals surface area contributed by atoms with E-state index in [0.29, 0.717) is 24.0 Å². The van der Waals surface area contributed by atoms with Crippen LogP contribution in [0, 0.1) is 5.82 Å². The van der Waals surface area contributed by atoms with Gasteiger partial charge < -0.3 is 16.2 Å². The molecule has 3 nitrogen and oxygen atoms in total. The second-order valence-electron chi connectivity index (χ2n) is 3.49. The fourth-order valence-corrected chi connectivity index (χ4v) is 1.82. The van der Waals surface area contributed by atoms with Crippen LogP contribution in [0.25, 0.3) is 0 Å². The molecule has 1 aromatic carbocycles. The van der Waals surface area contributed by atoms with E-state index in [4.69, 9.17) is 10.8 Å². The molecule has 0 fully saturated rings. The first kappa shape index (κ1) is 13.6. The molecular formula is C11H16BrFN2O. The molecule has 0 aliphatic rings. The Balaban J connectivity index is 2.67. The van der Waals surface area contributed by atoms with Gasteiger partial charge in [0.15, 0.2) is 0 Å². The summed E-state index contributed by atoms with van der Waals surface area (Å²) >= 11 is 3.14. The number of hydrogen-bond donors (Lipinski definition) is 3. The molecule has 0 radical (unpaired) electrons. The average molecular weight is 291 g/mol. The zero-order valence-electron chi connectivity index (χ0n) is 8.92. The van der Waals surface area contributed by atoms with Crippen LogP contribution in [0.1, 0.15) is 18.0 Å². The summed E-state index contributed by atoms with van der Waals surface area (Å²) in [6.45, 7) is 1.27. The normalized spacial score (nSPS) is 12.8. The fourth-order valence-electron chi connectivity index (χ4n) is 1.42. The maximum atomic E-state index is 13.0. The van der Waals surface area contributed by atoms with Crippen LogP contribution in [-0.2, 0) is 0 Å². The van der Waals surface area contributed by atoms with Crippen LogP contribution < -0.4 is 11.1 Å². The van der Waals surface area contributed by atoms with Crippen LogP contribution in [0.2, 0.25) is 0 Å². The summed E-state index contributed by atoms with van der Waals surface area (Å²) in [4.78, 5) is 0. The largest absolute Gasteiger partial charge is 0.396 e. The Morgan fingerprint density at radius 2 is 2.25 bits per heavy atom. The van der Waals surface area contributed by atoms with Crippen LogP contribution in [-0.4, -0.2) is 24.8 Å². The van der Waals surface area contributed by atoms with Gasteiger partial charge in [-0.1, -0.05) is 6.07 Å². The minimum Gasteiger partial charge on any atom is -0.396 e. The third kappa shape index (κ3) is 3.83. The molecule has 1 unspecified atom stereocenters. The summed E-state index contributed by atoms with van der Waals surface area (Å²) in [6.07, 6.45) is 0.679. The molecule has 0 aliphatic carbocycles. The summed E-state index contributed by atoms with van der Waals surface area (Å²) in [5.41, 5.74) is 6.58. The SMILES string of the molecule is NCC(NCCCO)c1ccc(F)c(Br)c1. The van der Waals surface area contributed by atoms with Crippen molar-refractivity contribution in [3.63, 3.8) is 0 Å². The van der Waals surface area contributed by atoms with Gasteiger partial charge in [0.1, 0.15) is 5.82 Å². The van der Waals surface area contributed by atoms with E-state index in [-0.39, 0.29) is 18.5 Å². The lowest BCUT2D eigenvalue weighted by Crippen LogP contribution is -2.29. The summed E-state index contributed by atoms with van der Waals surface area (Å²) in [5, 5.41) is 11.9. The maximum Gasteiger partial charge on any atom is 0.137 e. The highest BCUT2D eigenvalue weighted by Crippen LogP contribution is 2.20. The van der Waals surface area contributed by atoms with E-state index in [1.54, 1.807) is 12.1 Å². The highest BCUT2D eigenvalue weighted by Gasteiger charge is 2.10. The molecule has 0 bridgehead atoms. The van der Waals surface area contributed by atoms with Crippen LogP contribution in [0.5, 0.6) is 0 Å². The van der Waals surface area contributed by atoms with E-state index in [9.17, 15) is 4.39 Å². The molecule has 0 heterocycles. The van der Waals surface area contributed by atoms with Crippen molar-refractivity contribution in [2.24, 2.45) is 5.73 Å². The van der Waals surface area contributed by atoms with Gasteiger partial charge in [-0.15, -0.1) is 0 Å². The Labute approximate surface area is 103 Å². The third-order valence-electron chi connectivity index (χ3n) is 2.31. The second-order valence-corrected chi connectivity index (χ2v) is 4.35. The van der Waals surface area contributed by atoms with Gasteiger partial charge in [0.25, 0.3) is 0 Å². The number of halogens is 2.